The SMILES string of the molecule is COc1ccc([Si](C)(C)[C@@H]2[C@@H](CCO)O[C@]3(C(=O)N(Cc4cccc(N5CCOC5=O)c4)c4ccc(Cl)cc43)[C@H]2C)cc1. The summed E-state index contributed by atoms with van der Waals surface area (Å²) in [7, 11) is -0.619. The molecule has 3 aromatic carbocycles. The number of methoxy groups -OCH3 is 1. The number of cyclic esters (lactones) is 1. The molecule has 10 heteroatoms. The Morgan fingerprint density at radius 1 is 1.09 bits per heavy atom. The van der Waals surface area contributed by atoms with E-state index in [2.05, 4.69) is 32.2 Å². The predicted octanol–water partition coefficient (Wildman–Crippen LogP) is 5.45. The Kier molecular flexibility index (Phi) is 7.79. The maximum absolute atomic E-state index is 14.8. The van der Waals surface area contributed by atoms with E-state index in [0.29, 0.717) is 31.1 Å². The maximum atomic E-state index is 14.8. The Balaban J connectivity index is 1.39. The van der Waals surface area contributed by atoms with Crippen molar-refractivity contribution in [3.8, 4) is 5.75 Å². The number of ether oxygens (including phenoxy) is 3. The normalized spacial score (nSPS) is 25.0. The van der Waals surface area contributed by atoms with Crippen LogP contribution >= 0.6 is 11.6 Å². The molecule has 0 unspecified atom stereocenters. The van der Waals surface area contributed by atoms with Crippen molar-refractivity contribution in [3.63, 3.8) is 0 Å². The van der Waals surface area contributed by atoms with Gasteiger partial charge in [-0.2, -0.15) is 0 Å². The molecule has 0 aliphatic carbocycles. The number of hydrogen-bond donors (Lipinski definition) is 1. The van der Waals surface area contributed by atoms with E-state index in [-0.39, 0.29) is 36.2 Å². The molecule has 4 atom stereocenters. The number of rotatable bonds is 8. The van der Waals surface area contributed by atoms with Gasteiger partial charge in [-0.3, -0.25) is 9.69 Å². The number of carbonyl (C=O) groups is 2. The topological polar surface area (TPSA) is 88.5 Å². The molecule has 2 fully saturated rings. The molecule has 1 N–H and O–H groups in total. The van der Waals surface area contributed by atoms with Crippen LogP contribution in [-0.2, 0) is 26.4 Å². The zero-order chi connectivity index (χ0) is 30.5. The molecule has 0 bridgehead atoms. The Morgan fingerprint density at radius 3 is 2.53 bits per heavy atom. The van der Waals surface area contributed by atoms with Crippen LogP contribution in [0.25, 0.3) is 0 Å². The van der Waals surface area contributed by atoms with Gasteiger partial charge in [-0.05, 0) is 60.0 Å². The molecule has 1 spiro atoms. The minimum atomic E-state index is -2.27. The van der Waals surface area contributed by atoms with Gasteiger partial charge in [0.05, 0.1) is 40.1 Å². The minimum Gasteiger partial charge on any atom is -0.497 e. The number of nitrogens with zero attached hydrogens (tertiary/aromatic N) is 2. The van der Waals surface area contributed by atoms with Gasteiger partial charge in [0.1, 0.15) is 12.4 Å². The molecular formula is C33H37ClN2O6Si. The van der Waals surface area contributed by atoms with Gasteiger partial charge in [0.25, 0.3) is 5.91 Å². The molecule has 3 aliphatic rings. The summed E-state index contributed by atoms with van der Waals surface area (Å²) in [5.41, 5.74) is 1.94. The fraction of sp³-hybridized carbons (Fsp3) is 0.394. The van der Waals surface area contributed by atoms with Gasteiger partial charge in [-0.1, -0.05) is 61.1 Å². The Labute approximate surface area is 258 Å². The number of aliphatic hydroxyl groups excluding tert-OH is 1. The smallest absolute Gasteiger partial charge is 0.414 e. The van der Waals surface area contributed by atoms with Crippen LogP contribution in [0.4, 0.5) is 16.2 Å². The molecule has 6 rings (SSSR count). The van der Waals surface area contributed by atoms with Crippen molar-refractivity contribution in [1.82, 2.24) is 0 Å². The number of halogens is 1. The van der Waals surface area contributed by atoms with Crippen LogP contribution in [0, 0.1) is 5.92 Å². The quantitative estimate of drug-likeness (QED) is 0.337. The van der Waals surface area contributed by atoms with Crippen molar-refractivity contribution in [2.75, 3.05) is 36.7 Å². The zero-order valence-electron chi connectivity index (χ0n) is 24.9. The molecular weight excluding hydrogens is 584 g/mol. The monoisotopic (exact) mass is 620 g/mol. The van der Waals surface area contributed by atoms with Crippen molar-refractivity contribution in [1.29, 1.82) is 0 Å². The third-order valence-electron chi connectivity index (χ3n) is 9.53. The number of hydrogen-bond acceptors (Lipinski definition) is 6. The highest BCUT2D eigenvalue weighted by molar-refractivity contribution is 6.91. The Hall–Kier alpha value is -3.37. The van der Waals surface area contributed by atoms with E-state index in [1.165, 1.54) is 5.19 Å². The lowest BCUT2D eigenvalue weighted by Gasteiger charge is -2.37. The molecule has 3 heterocycles. The van der Waals surface area contributed by atoms with Gasteiger partial charge >= 0.3 is 6.09 Å². The van der Waals surface area contributed by atoms with Crippen molar-refractivity contribution in [3.05, 3.63) is 82.9 Å². The molecule has 3 aromatic rings. The van der Waals surface area contributed by atoms with E-state index in [4.69, 9.17) is 25.8 Å². The van der Waals surface area contributed by atoms with E-state index in [1.807, 2.05) is 48.5 Å². The first-order valence-corrected chi connectivity index (χ1v) is 18.2. The number of fused-ring (bicyclic) bond motifs is 2. The third-order valence-corrected chi connectivity index (χ3v) is 14.1. The summed E-state index contributed by atoms with van der Waals surface area (Å²) in [5.74, 6) is 0.477. The van der Waals surface area contributed by atoms with Crippen LogP contribution in [0.5, 0.6) is 5.75 Å². The highest BCUT2D eigenvalue weighted by Crippen LogP contribution is 2.60. The molecule has 43 heavy (non-hydrogen) atoms. The summed E-state index contributed by atoms with van der Waals surface area (Å²) in [6.07, 6.45) is -0.254. The second-order valence-corrected chi connectivity index (χ2v) is 17.3. The summed E-state index contributed by atoms with van der Waals surface area (Å²) in [6.45, 7) is 7.85. The van der Waals surface area contributed by atoms with Gasteiger partial charge in [0.2, 0.25) is 0 Å². The Morgan fingerprint density at radius 2 is 1.86 bits per heavy atom. The molecule has 8 nitrogen and oxygen atoms in total. The average Bonchev–Trinajstić information content (AvgIpc) is 3.63. The van der Waals surface area contributed by atoms with Crippen LogP contribution in [0.2, 0.25) is 23.7 Å². The van der Waals surface area contributed by atoms with E-state index >= 15 is 0 Å². The minimum absolute atomic E-state index is 0.0354. The fourth-order valence-electron chi connectivity index (χ4n) is 7.47. The standard InChI is InChI=1S/C33H37ClN2O6Si/c1-21-30(43(3,4)26-11-9-25(40-2)10-12-26)29(14-16-37)42-33(21)27-19-23(34)8-13-28(27)36(31(33)38)20-22-6-5-7-24(18-22)35-15-17-41-32(35)39/h5-13,18-19,21,29-30,37H,14-17,20H2,1-4H3/t21-,29+,30-,33+/m0/s1. The van der Waals surface area contributed by atoms with E-state index < -0.39 is 13.7 Å². The lowest BCUT2D eigenvalue weighted by Crippen LogP contribution is -2.51. The summed E-state index contributed by atoms with van der Waals surface area (Å²) in [5, 5.41) is 11.9. The zero-order valence-corrected chi connectivity index (χ0v) is 26.6. The number of carbonyl (C=O) groups excluding carboxylic acids is 2. The van der Waals surface area contributed by atoms with Crippen molar-refractivity contribution < 1.29 is 28.9 Å². The molecule has 0 radical (unpaired) electrons. The number of amides is 2. The second kappa shape index (κ2) is 11.3. The first kappa shape index (κ1) is 29.7. The highest BCUT2D eigenvalue weighted by Gasteiger charge is 2.66. The second-order valence-electron chi connectivity index (χ2n) is 12.2. The first-order valence-electron chi connectivity index (χ1n) is 14.7. The fourth-order valence-corrected chi connectivity index (χ4v) is 11.7. The van der Waals surface area contributed by atoms with Gasteiger partial charge in [0.15, 0.2) is 5.60 Å². The lowest BCUT2D eigenvalue weighted by atomic mass is 9.82. The van der Waals surface area contributed by atoms with Crippen LogP contribution in [0.1, 0.15) is 24.5 Å². The third kappa shape index (κ3) is 4.83. The molecule has 3 aliphatic heterocycles. The number of benzene rings is 3. The van der Waals surface area contributed by atoms with Crippen molar-refractivity contribution in [2.24, 2.45) is 5.92 Å². The van der Waals surface area contributed by atoms with Crippen LogP contribution in [0.3, 0.4) is 0 Å². The number of anilines is 2. The highest BCUT2D eigenvalue weighted by atomic mass is 35.5. The lowest BCUT2D eigenvalue weighted by molar-refractivity contribution is -0.146. The largest absolute Gasteiger partial charge is 0.497 e. The molecule has 0 aromatic heterocycles. The summed E-state index contributed by atoms with van der Waals surface area (Å²) >= 11 is 6.57. The summed E-state index contributed by atoms with van der Waals surface area (Å²) in [6, 6.07) is 21.4. The molecule has 0 saturated carbocycles. The average molecular weight is 621 g/mol. The first-order chi connectivity index (χ1) is 20.6. The van der Waals surface area contributed by atoms with E-state index in [9.17, 15) is 14.7 Å². The van der Waals surface area contributed by atoms with Crippen molar-refractivity contribution >= 4 is 48.2 Å². The molecule has 2 amide bonds. The van der Waals surface area contributed by atoms with E-state index in [0.717, 1.165) is 28.3 Å². The van der Waals surface area contributed by atoms with Gasteiger partial charge in [0, 0.05) is 28.8 Å². The maximum Gasteiger partial charge on any atom is 0.414 e. The summed E-state index contributed by atoms with van der Waals surface area (Å²) < 4.78 is 17.5. The molecule has 2 saturated heterocycles. The molecule has 226 valence electrons. The van der Waals surface area contributed by atoms with Gasteiger partial charge in [-0.25, -0.2) is 4.79 Å². The van der Waals surface area contributed by atoms with Crippen LogP contribution < -0.4 is 19.7 Å². The van der Waals surface area contributed by atoms with E-state index in [1.54, 1.807) is 23.0 Å². The number of aliphatic hydroxyl groups is 1. The predicted molar refractivity (Wildman–Crippen MR) is 169 cm³/mol. The van der Waals surface area contributed by atoms with Gasteiger partial charge < -0.3 is 24.2 Å². The van der Waals surface area contributed by atoms with Crippen LogP contribution in [-0.4, -0.2) is 58.2 Å². The van der Waals surface area contributed by atoms with Crippen molar-refractivity contribution in [2.45, 2.75) is 50.2 Å². The Bertz CT molecular complexity index is 1550. The van der Waals surface area contributed by atoms with Crippen LogP contribution in [0.15, 0.2) is 66.7 Å². The van der Waals surface area contributed by atoms with Gasteiger partial charge in [-0.15, -0.1) is 0 Å². The summed E-state index contributed by atoms with van der Waals surface area (Å²) in [4.78, 5) is 30.3.